The Morgan fingerprint density at radius 1 is 1.10 bits per heavy atom. The van der Waals surface area contributed by atoms with E-state index >= 15 is 0 Å². The monoisotopic (exact) mass is 417 g/mol. The number of aromatic amines is 1. The van der Waals surface area contributed by atoms with Crippen molar-refractivity contribution >= 4 is 17.7 Å². The van der Waals surface area contributed by atoms with Crippen LogP contribution >= 0.6 is 11.8 Å². The lowest BCUT2D eigenvalue weighted by Gasteiger charge is -2.12. The number of aryl methyl sites for hydroxylation is 1. The third-order valence-corrected chi connectivity index (χ3v) is 6.07. The highest BCUT2D eigenvalue weighted by Gasteiger charge is 2.13. The second-order valence-electron chi connectivity index (χ2n) is 6.97. The molecule has 0 unspecified atom stereocenters. The molecule has 30 heavy (non-hydrogen) atoms. The number of carbonyl (C=O) groups excluding carboxylic acids is 1. The summed E-state index contributed by atoms with van der Waals surface area (Å²) in [6.45, 7) is 3.99. The number of nitriles is 1. The standard InChI is InChI=1S/C24H23N3O2S/c1-16-20(17(2)27-24(29)21(16)14-25)12-13-23(28)26-15-18-8-6-7-11-22(18)30-19-9-4-3-5-10-19/h3-11H,12-13,15H2,1-2H3,(H,26,28)(H,27,29). The van der Waals surface area contributed by atoms with Crippen molar-refractivity contribution in [1.29, 1.82) is 5.26 Å². The lowest BCUT2D eigenvalue weighted by Crippen LogP contribution is -2.24. The summed E-state index contributed by atoms with van der Waals surface area (Å²) in [4.78, 5) is 29.2. The van der Waals surface area contributed by atoms with Gasteiger partial charge in [0, 0.05) is 28.5 Å². The molecule has 6 heteroatoms. The Balaban J connectivity index is 1.63. The maximum Gasteiger partial charge on any atom is 0.266 e. The smallest absolute Gasteiger partial charge is 0.266 e. The van der Waals surface area contributed by atoms with Crippen LogP contribution in [-0.4, -0.2) is 10.9 Å². The van der Waals surface area contributed by atoms with E-state index in [1.807, 2.05) is 42.5 Å². The van der Waals surface area contributed by atoms with Gasteiger partial charge in [-0.1, -0.05) is 48.2 Å². The molecule has 0 radical (unpaired) electrons. The number of nitrogens with zero attached hydrogens (tertiary/aromatic N) is 1. The minimum atomic E-state index is -0.381. The number of benzene rings is 2. The summed E-state index contributed by atoms with van der Waals surface area (Å²) in [7, 11) is 0. The molecule has 0 saturated carbocycles. The number of hydrogen-bond donors (Lipinski definition) is 2. The zero-order valence-corrected chi connectivity index (χ0v) is 17.8. The van der Waals surface area contributed by atoms with Crippen LogP contribution < -0.4 is 10.9 Å². The number of nitrogens with one attached hydrogen (secondary N) is 2. The highest BCUT2D eigenvalue weighted by Crippen LogP contribution is 2.30. The van der Waals surface area contributed by atoms with E-state index in [1.165, 1.54) is 0 Å². The van der Waals surface area contributed by atoms with E-state index in [-0.39, 0.29) is 23.5 Å². The van der Waals surface area contributed by atoms with Gasteiger partial charge in [0.05, 0.1) is 0 Å². The van der Waals surface area contributed by atoms with Crippen LogP contribution in [0.4, 0.5) is 0 Å². The SMILES string of the molecule is Cc1[nH]c(=O)c(C#N)c(C)c1CCC(=O)NCc1ccccc1Sc1ccccc1. The Morgan fingerprint density at radius 2 is 1.80 bits per heavy atom. The Hall–Kier alpha value is -3.30. The molecule has 1 amide bonds. The summed E-state index contributed by atoms with van der Waals surface area (Å²) in [5.41, 5.74) is 2.99. The van der Waals surface area contributed by atoms with Gasteiger partial charge in [-0.25, -0.2) is 0 Å². The fourth-order valence-corrected chi connectivity index (χ4v) is 4.27. The van der Waals surface area contributed by atoms with Gasteiger partial charge in [0.25, 0.3) is 5.56 Å². The van der Waals surface area contributed by atoms with Crippen molar-refractivity contribution in [3.63, 3.8) is 0 Å². The summed E-state index contributed by atoms with van der Waals surface area (Å²) in [5, 5.41) is 12.2. The molecule has 0 aliphatic heterocycles. The first-order valence-corrected chi connectivity index (χ1v) is 10.5. The average molecular weight is 418 g/mol. The molecule has 3 aromatic rings. The Kier molecular flexibility index (Phi) is 7.10. The van der Waals surface area contributed by atoms with Crippen molar-refractivity contribution in [1.82, 2.24) is 10.3 Å². The minimum Gasteiger partial charge on any atom is -0.352 e. The number of H-pyrrole nitrogens is 1. The van der Waals surface area contributed by atoms with Gasteiger partial charge in [-0.2, -0.15) is 5.26 Å². The molecule has 5 nitrogen and oxygen atoms in total. The van der Waals surface area contributed by atoms with E-state index in [0.717, 1.165) is 20.9 Å². The third kappa shape index (κ3) is 5.19. The van der Waals surface area contributed by atoms with Crippen LogP contribution in [0, 0.1) is 25.2 Å². The third-order valence-electron chi connectivity index (χ3n) is 4.94. The van der Waals surface area contributed by atoms with Crippen molar-refractivity contribution < 1.29 is 4.79 Å². The Labute approximate surface area is 180 Å². The first kappa shape index (κ1) is 21.4. The van der Waals surface area contributed by atoms with Crippen LogP contribution in [0.25, 0.3) is 0 Å². The average Bonchev–Trinajstić information content (AvgIpc) is 2.74. The quantitative estimate of drug-likeness (QED) is 0.601. The van der Waals surface area contributed by atoms with E-state index in [9.17, 15) is 14.9 Å². The molecule has 0 fully saturated rings. The van der Waals surface area contributed by atoms with Gasteiger partial charge in [0.2, 0.25) is 5.91 Å². The fourth-order valence-electron chi connectivity index (χ4n) is 3.31. The second-order valence-corrected chi connectivity index (χ2v) is 8.08. The molecule has 0 bridgehead atoms. The maximum absolute atomic E-state index is 12.4. The van der Waals surface area contributed by atoms with Gasteiger partial charge < -0.3 is 10.3 Å². The molecule has 0 aliphatic rings. The number of rotatable bonds is 7. The van der Waals surface area contributed by atoms with Crippen LogP contribution in [0.15, 0.2) is 69.2 Å². The van der Waals surface area contributed by atoms with Crippen LogP contribution in [0.5, 0.6) is 0 Å². The Morgan fingerprint density at radius 3 is 2.53 bits per heavy atom. The second kappa shape index (κ2) is 9.95. The zero-order chi connectivity index (χ0) is 21.5. The largest absolute Gasteiger partial charge is 0.352 e. The molecule has 152 valence electrons. The van der Waals surface area contributed by atoms with Crippen molar-refractivity contribution in [2.24, 2.45) is 0 Å². The van der Waals surface area contributed by atoms with E-state index in [0.29, 0.717) is 24.2 Å². The van der Waals surface area contributed by atoms with E-state index in [1.54, 1.807) is 25.6 Å². The van der Waals surface area contributed by atoms with E-state index in [2.05, 4.69) is 28.5 Å². The zero-order valence-electron chi connectivity index (χ0n) is 17.0. The van der Waals surface area contributed by atoms with Crippen LogP contribution in [-0.2, 0) is 17.8 Å². The first-order chi connectivity index (χ1) is 14.5. The van der Waals surface area contributed by atoms with Crippen LogP contribution in [0.2, 0.25) is 0 Å². The van der Waals surface area contributed by atoms with Crippen molar-refractivity contribution in [2.75, 3.05) is 0 Å². The minimum absolute atomic E-state index is 0.0713. The molecule has 0 spiro atoms. The lowest BCUT2D eigenvalue weighted by atomic mass is 9.99. The molecular weight excluding hydrogens is 394 g/mol. The molecule has 3 rings (SSSR count). The highest BCUT2D eigenvalue weighted by atomic mass is 32.2. The van der Waals surface area contributed by atoms with Crippen molar-refractivity contribution in [2.45, 2.75) is 43.0 Å². The van der Waals surface area contributed by atoms with Gasteiger partial charge in [-0.3, -0.25) is 9.59 Å². The summed E-state index contributed by atoms with van der Waals surface area (Å²) in [6.07, 6.45) is 0.752. The van der Waals surface area contributed by atoms with Crippen LogP contribution in [0.3, 0.4) is 0 Å². The number of pyridine rings is 1. The van der Waals surface area contributed by atoms with Crippen molar-refractivity contribution in [3.8, 4) is 6.07 Å². The fraction of sp³-hybridized carbons (Fsp3) is 0.208. The topological polar surface area (TPSA) is 85.8 Å². The van der Waals surface area contributed by atoms with E-state index < -0.39 is 0 Å². The summed E-state index contributed by atoms with van der Waals surface area (Å²) >= 11 is 1.67. The van der Waals surface area contributed by atoms with E-state index in [4.69, 9.17) is 0 Å². The normalized spacial score (nSPS) is 10.4. The molecule has 2 aromatic carbocycles. The first-order valence-electron chi connectivity index (χ1n) is 9.69. The summed E-state index contributed by atoms with van der Waals surface area (Å²) in [6, 6.07) is 20.1. The van der Waals surface area contributed by atoms with Gasteiger partial charge in [-0.05, 0) is 55.2 Å². The van der Waals surface area contributed by atoms with Crippen molar-refractivity contribution in [3.05, 3.63) is 92.9 Å². The lowest BCUT2D eigenvalue weighted by molar-refractivity contribution is -0.121. The number of amides is 1. The molecule has 0 saturated heterocycles. The molecule has 2 N–H and O–H groups in total. The summed E-state index contributed by atoms with van der Waals surface area (Å²) < 4.78 is 0. The molecular formula is C24H23N3O2S. The molecule has 1 heterocycles. The molecule has 0 atom stereocenters. The highest BCUT2D eigenvalue weighted by molar-refractivity contribution is 7.99. The maximum atomic E-state index is 12.4. The number of carbonyl (C=O) groups is 1. The molecule has 0 aliphatic carbocycles. The van der Waals surface area contributed by atoms with Gasteiger partial charge in [-0.15, -0.1) is 0 Å². The Bertz CT molecular complexity index is 1150. The molecule has 1 aromatic heterocycles. The predicted molar refractivity (Wildman–Crippen MR) is 118 cm³/mol. The van der Waals surface area contributed by atoms with Crippen LogP contribution in [0.1, 0.15) is 34.4 Å². The predicted octanol–water partition coefficient (Wildman–Crippen LogP) is 4.26. The number of aromatic nitrogens is 1. The summed E-state index contributed by atoms with van der Waals surface area (Å²) in [5.74, 6) is -0.0713. The number of hydrogen-bond acceptors (Lipinski definition) is 4. The van der Waals surface area contributed by atoms with Gasteiger partial charge >= 0.3 is 0 Å². The van der Waals surface area contributed by atoms with Gasteiger partial charge in [0.15, 0.2) is 0 Å². The van der Waals surface area contributed by atoms with Gasteiger partial charge in [0.1, 0.15) is 11.6 Å².